The summed E-state index contributed by atoms with van der Waals surface area (Å²) in [7, 11) is 0. The molecule has 0 spiro atoms. The van der Waals surface area contributed by atoms with Crippen LogP contribution in [-0.4, -0.2) is 68.8 Å². The van der Waals surface area contributed by atoms with E-state index in [4.69, 9.17) is 17.0 Å². The number of nitrogens with one attached hydrogen (secondary N) is 1. The molecular formula is C25H28N6O3S. The third-order valence-corrected chi connectivity index (χ3v) is 6.93. The number of pyridine rings is 1. The summed E-state index contributed by atoms with van der Waals surface area (Å²) < 4.78 is 7.48. The quantitative estimate of drug-likeness (QED) is 0.291. The summed E-state index contributed by atoms with van der Waals surface area (Å²) in [6.45, 7) is 5.25. The van der Waals surface area contributed by atoms with Crippen molar-refractivity contribution in [2.45, 2.75) is 18.5 Å². The van der Waals surface area contributed by atoms with E-state index in [2.05, 4.69) is 26.2 Å². The number of rotatable bonds is 8. The Kier molecular flexibility index (Phi) is 7.03. The minimum Gasteiger partial charge on any atom is -0.379 e. The van der Waals surface area contributed by atoms with Gasteiger partial charge in [0.1, 0.15) is 0 Å². The van der Waals surface area contributed by atoms with E-state index in [-0.39, 0.29) is 22.7 Å². The second-order valence-corrected chi connectivity index (χ2v) is 9.09. The number of ether oxygens (including phenoxy) is 1. The van der Waals surface area contributed by atoms with Crippen molar-refractivity contribution in [2.24, 2.45) is 0 Å². The van der Waals surface area contributed by atoms with Crippen molar-refractivity contribution in [3.05, 3.63) is 88.5 Å². The zero-order chi connectivity index (χ0) is 24.2. The van der Waals surface area contributed by atoms with Gasteiger partial charge in [0.2, 0.25) is 0 Å². The van der Waals surface area contributed by atoms with E-state index in [0.717, 1.165) is 62.9 Å². The van der Waals surface area contributed by atoms with Crippen molar-refractivity contribution in [1.29, 1.82) is 0 Å². The van der Waals surface area contributed by atoms with Gasteiger partial charge in [-0.05, 0) is 49.0 Å². The van der Waals surface area contributed by atoms with Crippen LogP contribution in [0.25, 0.3) is 5.69 Å². The molecule has 0 aliphatic carbocycles. The van der Waals surface area contributed by atoms with Gasteiger partial charge in [0.05, 0.1) is 41.6 Å². The molecule has 2 fully saturated rings. The smallest absolute Gasteiger partial charge is 0.271 e. The second-order valence-electron chi connectivity index (χ2n) is 8.71. The molecule has 0 radical (unpaired) electrons. The molecule has 5 rings (SSSR count). The van der Waals surface area contributed by atoms with E-state index < -0.39 is 0 Å². The molecule has 0 amide bonds. The number of benzene rings is 1. The third kappa shape index (κ3) is 5.04. The van der Waals surface area contributed by atoms with Crippen LogP contribution in [0.5, 0.6) is 0 Å². The van der Waals surface area contributed by atoms with Crippen LogP contribution < -0.4 is 5.32 Å². The molecule has 9 nitrogen and oxygen atoms in total. The van der Waals surface area contributed by atoms with Crippen LogP contribution in [0, 0.1) is 10.1 Å². The van der Waals surface area contributed by atoms with Gasteiger partial charge in [0.15, 0.2) is 5.11 Å². The SMILES string of the molecule is O=[N+]([O-])c1cccc(-n2cccc2[C@@H]2[C@@H](c3ccccn3)NC(=S)N2CCCN2CCOCC2)c1. The molecule has 4 heterocycles. The first-order valence-corrected chi connectivity index (χ1v) is 12.2. The van der Waals surface area contributed by atoms with E-state index in [1.807, 2.05) is 41.1 Å². The topological polar surface area (TPSA) is 88.7 Å². The van der Waals surface area contributed by atoms with Gasteiger partial charge in [-0.3, -0.25) is 20.0 Å². The third-order valence-electron chi connectivity index (χ3n) is 6.58. The predicted octanol–water partition coefficient (Wildman–Crippen LogP) is 3.48. The molecule has 2 saturated heterocycles. The van der Waals surface area contributed by atoms with Crippen molar-refractivity contribution in [2.75, 3.05) is 39.4 Å². The number of hydrogen-bond donors (Lipinski definition) is 1. The summed E-state index contributed by atoms with van der Waals surface area (Å²) in [5.41, 5.74) is 2.71. The number of aromatic nitrogens is 2. The van der Waals surface area contributed by atoms with E-state index in [0.29, 0.717) is 5.11 Å². The Bertz CT molecular complexity index is 1180. The van der Waals surface area contributed by atoms with E-state index in [1.54, 1.807) is 18.3 Å². The summed E-state index contributed by atoms with van der Waals surface area (Å²) in [5.74, 6) is 0. The monoisotopic (exact) mass is 492 g/mol. The summed E-state index contributed by atoms with van der Waals surface area (Å²) in [4.78, 5) is 20.3. The maximum Gasteiger partial charge on any atom is 0.271 e. The Morgan fingerprint density at radius 3 is 2.74 bits per heavy atom. The highest BCUT2D eigenvalue weighted by molar-refractivity contribution is 7.80. The standard InChI is InChI=1S/C25H28N6O3S/c32-31(33)20-7-3-6-19(18-20)29-12-4-9-22(29)24-23(21-8-1-2-10-26-21)27-25(35)30(24)13-5-11-28-14-16-34-17-15-28/h1-4,6-10,12,18,23-24H,5,11,13-17H2,(H,27,35)/t23-,24-/m1/s1. The van der Waals surface area contributed by atoms with Gasteiger partial charge in [-0.25, -0.2) is 0 Å². The van der Waals surface area contributed by atoms with Crippen LogP contribution in [0.4, 0.5) is 5.69 Å². The number of nitrogens with zero attached hydrogens (tertiary/aromatic N) is 5. The molecular weight excluding hydrogens is 464 g/mol. The van der Waals surface area contributed by atoms with Crippen LogP contribution in [0.1, 0.15) is 29.9 Å². The largest absolute Gasteiger partial charge is 0.379 e. The Hall–Kier alpha value is -3.34. The maximum absolute atomic E-state index is 11.4. The first-order chi connectivity index (χ1) is 17.1. The number of non-ortho nitro benzene ring substituents is 1. The van der Waals surface area contributed by atoms with Crippen molar-refractivity contribution in [3.8, 4) is 5.69 Å². The Morgan fingerprint density at radius 2 is 1.97 bits per heavy atom. The molecule has 182 valence electrons. The number of nitro benzene ring substituents is 1. The van der Waals surface area contributed by atoms with Crippen LogP contribution >= 0.6 is 12.2 Å². The average molecular weight is 493 g/mol. The highest BCUT2D eigenvalue weighted by Gasteiger charge is 2.41. The van der Waals surface area contributed by atoms with Gasteiger partial charge in [0, 0.05) is 56.4 Å². The normalized spacial score (nSPS) is 20.7. The maximum atomic E-state index is 11.4. The van der Waals surface area contributed by atoms with Crippen molar-refractivity contribution in [3.63, 3.8) is 0 Å². The molecule has 2 aliphatic rings. The number of hydrogen-bond acceptors (Lipinski definition) is 6. The van der Waals surface area contributed by atoms with E-state index >= 15 is 0 Å². The number of thiocarbonyl (C=S) groups is 1. The summed E-state index contributed by atoms with van der Waals surface area (Å²) >= 11 is 5.81. The fourth-order valence-corrected chi connectivity index (χ4v) is 5.22. The zero-order valence-electron chi connectivity index (χ0n) is 19.3. The van der Waals surface area contributed by atoms with Crippen LogP contribution in [-0.2, 0) is 4.74 Å². The molecule has 2 aromatic heterocycles. The molecule has 10 heteroatoms. The molecule has 1 N–H and O–H groups in total. The molecule has 35 heavy (non-hydrogen) atoms. The van der Waals surface area contributed by atoms with Gasteiger partial charge in [0.25, 0.3) is 5.69 Å². The van der Waals surface area contributed by atoms with Crippen LogP contribution in [0.2, 0.25) is 0 Å². The lowest BCUT2D eigenvalue weighted by Gasteiger charge is -2.31. The fourth-order valence-electron chi connectivity index (χ4n) is 4.88. The van der Waals surface area contributed by atoms with Crippen LogP contribution in [0.15, 0.2) is 67.0 Å². The minimum atomic E-state index is -0.368. The Morgan fingerprint density at radius 1 is 1.11 bits per heavy atom. The molecule has 2 aliphatic heterocycles. The first kappa shape index (κ1) is 23.4. The van der Waals surface area contributed by atoms with Gasteiger partial charge < -0.3 is 19.5 Å². The Balaban J connectivity index is 1.46. The number of nitro groups is 1. The van der Waals surface area contributed by atoms with E-state index in [1.165, 1.54) is 6.07 Å². The van der Waals surface area contributed by atoms with Gasteiger partial charge in [-0.15, -0.1) is 0 Å². The van der Waals surface area contributed by atoms with Crippen molar-refractivity contribution < 1.29 is 9.66 Å². The lowest BCUT2D eigenvalue weighted by Crippen LogP contribution is -2.39. The molecule has 2 atom stereocenters. The average Bonchev–Trinajstić information content (AvgIpc) is 3.50. The van der Waals surface area contributed by atoms with Crippen molar-refractivity contribution >= 4 is 23.0 Å². The first-order valence-electron chi connectivity index (χ1n) is 11.8. The van der Waals surface area contributed by atoms with Gasteiger partial charge >= 0.3 is 0 Å². The molecule has 0 bridgehead atoms. The highest BCUT2D eigenvalue weighted by atomic mass is 32.1. The summed E-state index contributed by atoms with van der Waals surface area (Å²) in [6.07, 6.45) is 4.69. The predicted molar refractivity (Wildman–Crippen MR) is 136 cm³/mol. The highest BCUT2D eigenvalue weighted by Crippen LogP contribution is 2.39. The molecule has 0 saturated carbocycles. The molecule has 3 aromatic rings. The lowest BCUT2D eigenvalue weighted by molar-refractivity contribution is -0.384. The Labute approximate surface area is 209 Å². The lowest BCUT2D eigenvalue weighted by atomic mass is 10.0. The number of morpholine rings is 1. The van der Waals surface area contributed by atoms with Gasteiger partial charge in [-0.2, -0.15) is 0 Å². The second kappa shape index (κ2) is 10.5. The van der Waals surface area contributed by atoms with E-state index in [9.17, 15) is 10.1 Å². The van der Waals surface area contributed by atoms with Crippen molar-refractivity contribution in [1.82, 2.24) is 24.7 Å². The van der Waals surface area contributed by atoms with Gasteiger partial charge in [-0.1, -0.05) is 12.1 Å². The summed E-state index contributed by atoms with van der Waals surface area (Å²) in [6, 6.07) is 16.4. The molecule has 0 unspecified atom stereocenters. The minimum absolute atomic E-state index is 0.0610. The zero-order valence-corrected chi connectivity index (χ0v) is 20.1. The fraction of sp³-hybridized carbons (Fsp3) is 0.360. The molecule has 1 aromatic carbocycles. The van der Waals surface area contributed by atoms with Crippen LogP contribution in [0.3, 0.4) is 0 Å². The summed E-state index contributed by atoms with van der Waals surface area (Å²) in [5, 5.41) is 15.6.